The fourth-order valence-corrected chi connectivity index (χ4v) is 17.3. The van der Waals surface area contributed by atoms with E-state index in [-0.39, 0.29) is 78.9 Å². The van der Waals surface area contributed by atoms with Crippen molar-refractivity contribution in [2.24, 2.45) is 52.8 Å². The van der Waals surface area contributed by atoms with E-state index in [0.29, 0.717) is 19.3 Å². The molecule has 1 spiro atoms. The van der Waals surface area contributed by atoms with Crippen LogP contribution in [0.25, 0.3) is 0 Å². The van der Waals surface area contributed by atoms with Crippen LogP contribution in [0.4, 0.5) is 0 Å². The van der Waals surface area contributed by atoms with Crippen LogP contribution in [0.1, 0.15) is 161 Å². The number of aliphatic hydroxyl groups is 6. The molecule has 1 amide bonds. The second-order valence-electron chi connectivity index (χ2n) is 28.7. The van der Waals surface area contributed by atoms with E-state index in [9.17, 15) is 40.2 Å². The van der Waals surface area contributed by atoms with Crippen molar-refractivity contribution >= 4 is 17.7 Å². The lowest BCUT2D eigenvalue weighted by Crippen LogP contribution is -2.62. The molecule has 21 nitrogen and oxygen atoms in total. The minimum atomic E-state index is -1.66. The third-order valence-corrected chi connectivity index (χ3v) is 21.7. The molecule has 31 atom stereocenters. The first-order chi connectivity index (χ1) is 41.9. The van der Waals surface area contributed by atoms with Crippen LogP contribution in [0.2, 0.25) is 0 Å². The monoisotopic (exact) mass is 1250 g/mol. The summed E-state index contributed by atoms with van der Waals surface area (Å²) in [7, 11) is 0. The minimum absolute atomic E-state index is 0.0209. The van der Waals surface area contributed by atoms with E-state index in [2.05, 4.69) is 57.3 Å². The highest BCUT2D eigenvalue weighted by Crippen LogP contribution is 2.61. The summed E-state index contributed by atoms with van der Waals surface area (Å²) in [5.74, 6) is -4.60. The Morgan fingerprint density at radius 1 is 0.652 bits per heavy atom. The normalized spacial score (nSPS) is 51.6. The molecule has 7 fully saturated rings. The molecule has 6 aliphatic heterocycles. The van der Waals surface area contributed by atoms with Gasteiger partial charge in [-0.05, 0) is 104 Å². The maximum Gasteiger partial charge on any atom is 0.346 e. The zero-order valence-electron chi connectivity index (χ0n) is 54.6. The van der Waals surface area contributed by atoms with E-state index < -0.39 is 169 Å². The maximum absolute atomic E-state index is 15.8. The Bertz CT molecular complexity index is 2690. The zero-order valence-corrected chi connectivity index (χ0v) is 54.6. The summed E-state index contributed by atoms with van der Waals surface area (Å²) in [6, 6.07) is -0.687. The number of allylic oxidation sites excluding steroid dienone is 4. The Labute approximate surface area is 525 Å². The van der Waals surface area contributed by atoms with Crippen LogP contribution >= 0.6 is 0 Å². The van der Waals surface area contributed by atoms with Gasteiger partial charge >= 0.3 is 5.97 Å². The standard InChI is InChI=1S/C68H103NO20/c1-15-16-42-17-18-43-25-35(6)58(88-54-30-66(13,78)62(40(11)83-54)69-41(12)70)33(4)23-31(2)45-20-19-44-56(67(45,14)63(75)55-64(76)68(43,29-42)89-65(55)77)32(3)24-34(5)59(44)85-53-28-49(84-50-22-21-46(71)36(7)79-50)61(39(10)82-53)87-52-27-48(73)60(38(9)81-52)86-51-26-47(72)57(74)37(8)80-51/h17-20,23,25,32-34,36-40,42-54,56-62,71-75,78H,15-16,21-22,24,26-30H2,1-14H3,(H,69,70)/b31-23+,35-25+,63-55+/t32-,33?,34-,36-,37+,38+,39+,40-,42-,43-,44-,45-,46+,47+,48+,49+,50-,51+,52+,53+,54-,56+,57+,58-,59-,60+,61+,62-,66-,67+,68-/m0/s1. The van der Waals surface area contributed by atoms with E-state index in [1.54, 1.807) is 34.6 Å². The molecule has 6 heterocycles. The summed E-state index contributed by atoms with van der Waals surface area (Å²) in [4.78, 5) is 42.9. The number of nitrogens with one attached hydrogen (secondary N) is 1. The number of aliphatic hydroxyl groups excluding tert-OH is 5. The first-order valence-corrected chi connectivity index (χ1v) is 33.2. The highest BCUT2D eigenvalue weighted by molar-refractivity contribution is 6.26. The molecular formula is C68H103NO20. The summed E-state index contributed by atoms with van der Waals surface area (Å²) in [6.45, 7) is 26.3. The van der Waals surface area contributed by atoms with Gasteiger partial charge in [0.1, 0.15) is 29.6 Å². The topological polar surface area (TPSA) is 286 Å². The molecule has 2 bridgehead atoms. The molecule has 4 aliphatic carbocycles. The van der Waals surface area contributed by atoms with Crippen LogP contribution < -0.4 is 5.32 Å². The van der Waals surface area contributed by atoms with Gasteiger partial charge in [0.2, 0.25) is 11.7 Å². The summed E-state index contributed by atoms with van der Waals surface area (Å²) in [5.41, 5.74) is -3.02. The Morgan fingerprint density at radius 2 is 1.28 bits per heavy atom. The lowest BCUT2D eigenvalue weighted by atomic mass is 9.49. The summed E-state index contributed by atoms with van der Waals surface area (Å²) in [6.07, 6.45) is 1.45. The van der Waals surface area contributed by atoms with Gasteiger partial charge in [-0.2, -0.15) is 0 Å². The highest BCUT2D eigenvalue weighted by Gasteiger charge is 2.64. The van der Waals surface area contributed by atoms with Gasteiger partial charge in [-0.3, -0.25) is 9.59 Å². The molecule has 10 aliphatic rings. The number of rotatable bonds is 13. The van der Waals surface area contributed by atoms with Crippen molar-refractivity contribution in [3.63, 3.8) is 0 Å². The molecule has 21 heteroatoms. The Morgan fingerprint density at radius 3 is 1.93 bits per heavy atom. The predicted octanol–water partition coefficient (Wildman–Crippen LogP) is 6.99. The van der Waals surface area contributed by atoms with E-state index in [1.165, 1.54) is 6.92 Å². The Hall–Kier alpha value is -3.49. The molecule has 1 unspecified atom stereocenters. The van der Waals surface area contributed by atoms with Gasteiger partial charge in [-0.25, -0.2) is 4.79 Å². The van der Waals surface area contributed by atoms with Crippen molar-refractivity contribution < 1.29 is 97.1 Å². The van der Waals surface area contributed by atoms with Gasteiger partial charge in [-0.1, -0.05) is 83.1 Å². The molecular weight excluding hydrogens is 1150 g/mol. The molecule has 500 valence electrons. The van der Waals surface area contributed by atoms with Gasteiger partial charge in [0.05, 0.1) is 78.8 Å². The summed E-state index contributed by atoms with van der Waals surface area (Å²) in [5, 5.41) is 71.0. The summed E-state index contributed by atoms with van der Waals surface area (Å²) < 4.78 is 72.3. The average molecular weight is 1250 g/mol. The number of ketones is 1. The quantitative estimate of drug-likeness (QED) is 0.0556. The zero-order chi connectivity index (χ0) is 64.5. The maximum atomic E-state index is 15.8. The second-order valence-corrected chi connectivity index (χ2v) is 28.7. The molecule has 6 saturated heterocycles. The number of hydrogen-bond donors (Lipinski definition) is 7. The van der Waals surface area contributed by atoms with Crippen LogP contribution in [-0.2, 0) is 66.5 Å². The van der Waals surface area contributed by atoms with Gasteiger partial charge < -0.3 is 88.1 Å². The smallest absolute Gasteiger partial charge is 0.346 e. The van der Waals surface area contributed by atoms with Crippen LogP contribution in [-0.4, -0.2) is 182 Å². The number of carbonyl (C=O) groups is 3. The number of esters is 1. The minimum Gasteiger partial charge on any atom is -0.511 e. The van der Waals surface area contributed by atoms with E-state index >= 15 is 4.79 Å². The van der Waals surface area contributed by atoms with Gasteiger partial charge in [0.15, 0.2) is 37.1 Å². The lowest BCUT2D eigenvalue weighted by molar-refractivity contribution is -0.351. The molecule has 0 aromatic carbocycles. The van der Waals surface area contributed by atoms with Gasteiger partial charge in [0.25, 0.3) is 0 Å². The number of fused-ring (bicyclic) bond motifs is 4. The molecule has 10 rings (SSSR count). The molecule has 0 aromatic rings. The van der Waals surface area contributed by atoms with Crippen molar-refractivity contribution in [1.82, 2.24) is 5.32 Å². The number of carbonyl (C=O) groups excluding carboxylic acids is 3. The van der Waals surface area contributed by atoms with Crippen molar-refractivity contribution in [3.8, 4) is 0 Å². The van der Waals surface area contributed by atoms with E-state index in [0.717, 1.165) is 24.0 Å². The predicted molar refractivity (Wildman–Crippen MR) is 322 cm³/mol. The SMILES string of the molecule is CCC[C@H]1C=C[C@H]2/C=C(\C)[C@@H](O[C@H]3C[C@](C)(O)[C@@H](NC(C)=O)[C@H](C)O3)C(C)/C=C(\C)[C@@H]3C=C[C@@H]4[C@@H](O[C@@H]5C[C@@H](O[C@H]6CC[C@@H](O)[C@H](C)O6)[C@H](O[C@@H]6C[C@@H](O)[C@H](O[C@@H]7C[C@@H](O)[C@H](O)[C@@H](C)O7)[C@@H](C)O6)[C@@H](C)O5)[C@@H](C)C[C@H](C)[C@H]4[C@]3(C)/C(O)=C3\C(=O)O[C@]2(C1)C3=O. The third-order valence-electron chi connectivity index (χ3n) is 21.7. The van der Waals surface area contributed by atoms with Gasteiger partial charge in [-0.15, -0.1) is 0 Å². The number of amides is 1. The number of ether oxygens (including phenoxy) is 11. The molecule has 89 heavy (non-hydrogen) atoms. The van der Waals surface area contributed by atoms with Crippen molar-refractivity contribution in [2.75, 3.05) is 0 Å². The Kier molecular flexibility index (Phi) is 20.8. The first-order valence-electron chi connectivity index (χ1n) is 33.2. The van der Waals surface area contributed by atoms with Gasteiger partial charge in [0, 0.05) is 74.5 Å². The van der Waals surface area contributed by atoms with Crippen LogP contribution in [0.3, 0.4) is 0 Å². The summed E-state index contributed by atoms with van der Waals surface area (Å²) >= 11 is 0. The second kappa shape index (κ2) is 27.1. The van der Waals surface area contributed by atoms with Crippen LogP contribution in [0.5, 0.6) is 0 Å². The lowest BCUT2D eigenvalue weighted by Gasteiger charge is -2.57. The van der Waals surface area contributed by atoms with Crippen molar-refractivity contribution in [3.05, 3.63) is 58.9 Å². The fraction of sp³-hybridized carbons (Fsp3) is 0.809. The number of Topliss-reactive ketones (excluding diaryl/α,β-unsaturated/α-hetero) is 1. The van der Waals surface area contributed by atoms with E-state index in [4.69, 9.17) is 52.1 Å². The molecule has 7 N–H and O–H groups in total. The largest absolute Gasteiger partial charge is 0.511 e. The highest BCUT2D eigenvalue weighted by atomic mass is 16.8. The molecule has 0 aromatic heterocycles. The average Bonchev–Trinajstić information content (AvgIpc) is 1.70. The first kappa shape index (κ1) is 68.4. The van der Waals surface area contributed by atoms with E-state index in [1.807, 2.05) is 39.8 Å². The number of hydrogen-bond acceptors (Lipinski definition) is 20. The Balaban J connectivity index is 0.961. The van der Waals surface area contributed by atoms with Crippen molar-refractivity contribution in [2.45, 2.75) is 295 Å². The third kappa shape index (κ3) is 13.6. The van der Waals surface area contributed by atoms with Crippen LogP contribution in [0.15, 0.2) is 58.9 Å². The van der Waals surface area contributed by atoms with Crippen LogP contribution in [0, 0.1) is 52.8 Å². The molecule has 0 radical (unpaired) electrons. The fourth-order valence-electron chi connectivity index (χ4n) is 17.3. The molecule has 1 saturated carbocycles. The van der Waals surface area contributed by atoms with Crippen molar-refractivity contribution in [1.29, 1.82) is 0 Å².